The van der Waals surface area contributed by atoms with Gasteiger partial charge in [0.05, 0.1) is 21.9 Å². The molecule has 0 spiro atoms. The van der Waals surface area contributed by atoms with Gasteiger partial charge in [-0.05, 0) is 60.5 Å². The molecular weight excluding hydrogens is 472 g/mol. The molecule has 4 rings (SSSR count). The Kier molecular flexibility index (Phi) is 5.53. The number of allylic oxidation sites excluding steroid dienone is 1. The number of carbonyl (C=O) groups excluding carboxylic acids is 2. The number of nitrogens with two attached hydrogens (primary N) is 1. The maximum atomic E-state index is 12.8. The third-order valence-electron chi connectivity index (χ3n) is 4.97. The summed E-state index contributed by atoms with van der Waals surface area (Å²) in [7, 11) is -2.89. The van der Waals surface area contributed by atoms with Gasteiger partial charge < -0.3 is 11.1 Å². The van der Waals surface area contributed by atoms with E-state index in [0.29, 0.717) is 31.2 Å². The van der Waals surface area contributed by atoms with E-state index in [4.69, 9.17) is 17.3 Å². The number of nitrogen functional groups attached to an aromatic ring is 1. The summed E-state index contributed by atoms with van der Waals surface area (Å²) >= 11 is 6.65. The largest absolute Gasteiger partial charge is 0.398 e. The molecule has 164 valence electrons. The topological polar surface area (TPSA) is 122 Å². The molecule has 0 unspecified atom stereocenters. The normalized spacial score (nSPS) is 13.0. The molecule has 2 amide bonds. The summed E-state index contributed by atoms with van der Waals surface area (Å²) in [5.74, 6) is -0.159. The Balaban J connectivity index is 1.50. The number of nitrogens with one attached hydrogen (secondary N) is 1. The second-order valence-electron chi connectivity index (χ2n) is 7.08. The van der Waals surface area contributed by atoms with Gasteiger partial charge in [-0.3, -0.25) is 9.78 Å². The lowest BCUT2D eigenvalue weighted by Gasteiger charge is -2.17. The Morgan fingerprint density at radius 2 is 1.97 bits per heavy atom. The summed E-state index contributed by atoms with van der Waals surface area (Å²) in [4.78, 5) is 29.5. The molecule has 3 N–H and O–H groups in total. The average molecular weight is 489 g/mol. The van der Waals surface area contributed by atoms with Gasteiger partial charge in [-0.1, -0.05) is 11.6 Å². The summed E-state index contributed by atoms with van der Waals surface area (Å²) in [5, 5.41) is 2.48. The highest BCUT2D eigenvalue weighted by molar-refractivity contribution is 7.91. The molecule has 1 aliphatic rings. The molecule has 8 nitrogen and oxygen atoms in total. The molecule has 0 atom stereocenters. The highest BCUT2D eigenvalue weighted by atomic mass is 35.5. The number of rotatable bonds is 4. The standard InChI is InChI=1S/C21H17ClN4O4S2/c1-11-7-14-12(9-16(11)23)8-15(20(14)27)17-4-3-13(10-24-17)25-21(28)26(2)32(29,30)19-6-5-18(22)31-19/h3-10H,23H2,1-2H3,(H,25,28). The molecule has 2 heterocycles. The Morgan fingerprint density at radius 1 is 1.22 bits per heavy atom. The number of nitrogens with zero attached hydrogens (tertiary/aromatic N) is 2. The number of pyridine rings is 1. The van der Waals surface area contributed by atoms with Gasteiger partial charge in [-0.15, -0.1) is 11.3 Å². The minimum atomic E-state index is -4.03. The number of ketones is 1. The van der Waals surface area contributed by atoms with Crippen molar-refractivity contribution in [1.29, 1.82) is 0 Å². The van der Waals surface area contributed by atoms with Crippen LogP contribution in [-0.4, -0.2) is 36.6 Å². The molecule has 1 aliphatic carbocycles. The lowest BCUT2D eigenvalue weighted by molar-refractivity contribution is 0.105. The van der Waals surface area contributed by atoms with Gasteiger partial charge >= 0.3 is 6.03 Å². The third kappa shape index (κ3) is 3.88. The Morgan fingerprint density at radius 3 is 2.59 bits per heavy atom. The lowest BCUT2D eigenvalue weighted by atomic mass is 10.0. The van der Waals surface area contributed by atoms with Gasteiger partial charge in [0, 0.05) is 23.9 Å². The minimum Gasteiger partial charge on any atom is -0.398 e. The van der Waals surface area contributed by atoms with Crippen LogP contribution < -0.4 is 11.1 Å². The molecular formula is C21H17ClN4O4S2. The van der Waals surface area contributed by atoms with E-state index in [2.05, 4.69) is 10.3 Å². The maximum Gasteiger partial charge on any atom is 0.335 e. The van der Waals surface area contributed by atoms with Crippen molar-refractivity contribution in [1.82, 2.24) is 9.29 Å². The third-order valence-corrected chi connectivity index (χ3v) is 8.41. The first-order valence-corrected chi connectivity index (χ1v) is 11.9. The first kappa shape index (κ1) is 22.0. The van der Waals surface area contributed by atoms with Crippen LogP contribution in [0.25, 0.3) is 11.6 Å². The van der Waals surface area contributed by atoms with E-state index in [-0.39, 0.29) is 15.7 Å². The van der Waals surface area contributed by atoms with Crippen LogP contribution in [0.5, 0.6) is 0 Å². The molecule has 0 saturated heterocycles. The van der Waals surface area contributed by atoms with E-state index in [0.717, 1.165) is 29.5 Å². The van der Waals surface area contributed by atoms with Gasteiger partial charge in [0.2, 0.25) is 0 Å². The summed E-state index contributed by atoms with van der Waals surface area (Å²) in [5.41, 5.74) is 9.76. The summed E-state index contributed by atoms with van der Waals surface area (Å²) in [6.45, 7) is 1.83. The average Bonchev–Trinajstić information content (AvgIpc) is 3.33. The zero-order chi connectivity index (χ0) is 23.2. The lowest BCUT2D eigenvalue weighted by Crippen LogP contribution is -2.36. The summed E-state index contributed by atoms with van der Waals surface area (Å²) in [6, 6.07) is 8.54. The van der Waals surface area contributed by atoms with E-state index < -0.39 is 16.1 Å². The number of halogens is 1. The number of thiophene rings is 1. The number of hydrogen-bond donors (Lipinski definition) is 2. The highest BCUT2D eigenvalue weighted by Gasteiger charge is 2.28. The molecule has 0 saturated carbocycles. The number of benzene rings is 1. The number of urea groups is 1. The van der Waals surface area contributed by atoms with Crippen molar-refractivity contribution in [3.05, 3.63) is 69.3 Å². The van der Waals surface area contributed by atoms with Crippen LogP contribution in [0.1, 0.15) is 27.2 Å². The van der Waals surface area contributed by atoms with Gasteiger partial charge in [0.25, 0.3) is 10.0 Å². The second kappa shape index (κ2) is 8.05. The van der Waals surface area contributed by atoms with Crippen molar-refractivity contribution in [3.63, 3.8) is 0 Å². The predicted molar refractivity (Wildman–Crippen MR) is 125 cm³/mol. The number of carbonyl (C=O) groups is 2. The molecule has 3 aromatic rings. The number of sulfonamides is 1. The van der Waals surface area contributed by atoms with Crippen LogP contribution in [0.15, 0.2) is 46.8 Å². The number of Topliss-reactive ketones (excluding diaryl/α,β-unsaturated/α-hetero) is 1. The quantitative estimate of drug-likeness (QED) is 0.528. The number of aryl methyl sites for hydroxylation is 1. The number of fused-ring (bicyclic) bond motifs is 1. The minimum absolute atomic E-state index is 0.0456. The monoisotopic (exact) mass is 488 g/mol. The van der Waals surface area contributed by atoms with Crippen molar-refractivity contribution in [2.75, 3.05) is 18.1 Å². The molecule has 11 heteroatoms. The fourth-order valence-corrected chi connectivity index (χ4v) is 5.84. The predicted octanol–water partition coefficient (Wildman–Crippen LogP) is 4.28. The van der Waals surface area contributed by atoms with Crippen molar-refractivity contribution >= 4 is 67.8 Å². The second-order valence-corrected chi connectivity index (χ2v) is 11.0. The number of amides is 2. The fourth-order valence-electron chi connectivity index (χ4n) is 3.12. The van der Waals surface area contributed by atoms with E-state index in [9.17, 15) is 18.0 Å². The Hall–Kier alpha value is -3.21. The first-order valence-electron chi connectivity index (χ1n) is 9.26. The molecule has 32 heavy (non-hydrogen) atoms. The van der Waals surface area contributed by atoms with Crippen molar-refractivity contribution in [2.45, 2.75) is 11.1 Å². The van der Waals surface area contributed by atoms with Crippen molar-refractivity contribution < 1.29 is 18.0 Å². The Labute approximate surface area is 193 Å². The summed E-state index contributed by atoms with van der Waals surface area (Å²) < 4.78 is 25.9. The van der Waals surface area contributed by atoms with Crippen LogP contribution in [0.2, 0.25) is 4.34 Å². The zero-order valence-corrected chi connectivity index (χ0v) is 19.3. The molecule has 1 aromatic carbocycles. The van der Waals surface area contributed by atoms with Gasteiger partial charge in [0.15, 0.2) is 5.78 Å². The molecule has 0 aliphatic heterocycles. The Bertz CT molecular complexity index is 1400. The number of aromatic nitrogens is 1. The molecule has 0 radical (unpaired) electrons. The zero-order valence-electron chi connectivity index (χ0n) is 16.9. The molecule has 2 aromatic heterocycles. The van der Waals surface area contributed by atoms with E-state index in [1.165, 1.54) is 18.3 Å². The van der Waals surface area contributed by atoms with Crippen LogP contribution in [0, 0.1) is 6.92 Å². The maximum absolute atomic E-state index is 12.8. The SMILES string of the molecule is Cc1cc2c(cc1N)C=C(c1ccc(NC(=O)N(C)S(=O)(=O)c3ccc(Cl)s3)cn1)C2=O. The smallest absolute Gasteiger partial charge is 0.335 e. The first-order chi connectivity index (χ1) is 15.1. The van der Waals surface area contributed by atoms with Gasteiger partial charge in [-0.25, -0.2) is 17.5 Å². The van der Waals surface area contributed by atoms with E-state index in [1.54, 1.807) is 30.3 Å². The van der Waals surface area contributed by atoms with Gasteiger partial charge in [-0.2, -0.15) is 0 Å². The number of hydrogen-bond acceptors (Lipinski definition) is 7. The van der Waals surface area contributed by atoms with Crippen LogP contribution in [-0.2, 0) is 10.0 Å². The number of anilines is 2. The molecule has 0 bridgehead atoms. The highest BCUT2D eigenvalue weighted by Crippen LogP contribution is 2.33. The van der Waals surface area contributed by atoms with E-state index in [1.807, 2.05) is 6.92 Å². The van der Waals surface area contributed by atoms with Crippen LogP contribution >= 0.6 is 22.9 Å². The van der Waals surface area contributed by atoms with Crippen LogP contribution in [0.3, 0.4) is 0 Å². The van der Waals surface area contributed by atoms with Crippen molar-refractivity contribution in [2.24, 2.45) is 0 Å². The summed E-state index contributed by atoms with van der Waals surface area (Å²) in [6.07, 6.45) is 3.08. The van der Waals surface area contributed by atoms with Crippen LogP contribution in [0.4, 0.5) is 16.2 Å². The van der Waals surface area contributed by atoms with Gasteiger partial charge in [0.1, 0.15) is 4.21 Å². The van der Waals surface area contributed by atoms with Crippen molar-refractivity contribution in [3.8, 4) is 0 Å². The van der Waals surface area contributed by atoms with E-state index >= 15 is 0 Å². The molecule has 0 fully saturated rings. The fraction of sp³-hybridized carbons (Fsp3) is 0.0952.